The Hall–Kier alpha value is -3.60. The summed E-state index contributed by atoms with van der Waals surface area (Å²) in [6.45, 7) is 8.76. The number of carbonyl (C=O) groups excluding carboxylic acids is 4. The Balaban J connectivity index is 2.19. The van der Waals surface area contributed by atoms with Crippen LogP contribution in [0.25, 0.3) is 0 Å². The van der Waals surface area contributed by atoms with Crippen molar-refractivity contribution in [3.8, 4) is 0 Å². The topological polar surface area (TPSA) is 174 Å². The molecular formula is C31H44N4O6. The van der Waals surface area contributed by atoms with Crippen LogP contribution in [0.1, 0.15) is 52.2 Å². The van der Waals surface area contributed by atoms with Crippen LogP contribution < -0.4 is 22.1 Å². The van der Waals surface area contributed by atoms with Crippen molar-refractivity contribution in [2.24, 2.45) is 17.4 Å². The average Bonchev–Trinajstić information content (AvgIpc) is 2.90. The smallest absolute Gasteiger partial charge is 0.407 e. The number of benzene rings is 2. The van der Waals surface area contributed by atoms with E-state index in [-0.39, 0.29) is 25.2 Å². The second-order valence-corrected chi connectivity index (χ2v) is 11.7. The van der Waals surface area contributed by atoms with Crippen LogP contribution in [0, 0.1) is 5.92 Å². The van der Waals surface area contributed by atoms with E-state index in [2.05, 4.69) is 10.6 Å². The standard InChI is InChI=1S/C31H44N4O6/c1-19(2)16-23(34-29(39)22(32)17-20-12-8-6-9-13-20)27(37)28(38)25(33)26(36)24(18-21-14-10-7-11-15-21)35-30(40)41-31(3,4)5/h6-15,19,22-26,36H,16-18,32-33H2,1-5H3,(H,34,39)(H,35,40)/t22-,23-,24-,25?,26+/m0/s1. The molecule has 0 aliphatic heterocycles. The van der Waals surface area contributed by atoms with Gasteiger partial charge in [0.2, 0.25) is 17.5 Å². The maximum atomic E-state index is 13.3. The van der Waals surface area contributed by atoms with Gasteiger partial charge in [-0.2, -0.15) is 0 Å². The molecule has 0 saturated carbocycles. The van der Waals surface area contributed by atoms with Crippen LogP contribution in [-0.2, 0) is 32.0 Å². The molecule has 2 rings (SSSR count). The van der Waals surface area contributed by atoms with Gasteiger partial charge in [-0.1, -0.05) is 74.5 Å². The van der Waals surface area contributed by atoms with Gasteiger partial charge < -0.3 is 31.9 Å². The lowest BCUT2D eigenvalue weighted by molar-refractivity contribution is -0.141. The van der Waals surface area contributed by atoms with Gasteiger partial charge in [0.25, 0.3) is 0 Å². The van der Waals surface area contributed by atoms with Crippen molar-refractivity contribution in [2.75, 3.05) is 0 Å². The molecule has 1 unspecified atom stereocenters. The highest BCUT2D eigenvalue weighted by atomic mass is 16.6. The molecule has 0 radical (unpaired) electrons. The largest absolute Gasteiger partial charge is 0.444 e. The number of rotatable bonds is 14. The number of carbonyl (C=O) groups is 4. The van der Waals surface area contributed by atoms with Crippen LogP contribution in [0.4, 0.5) is 4.79 Å². The van der Waals surface area contributed by atoms with Crippen molar-refractivity contribution in [2.45, 2.75) is 89.8 Å². The summed E-state index contributed by atoms with van der Waals surface area (Å²) in [5.41, 5.74) is 13.0. The first-order valence-electron chi connectivity index (χ1n) is 13.8. The third kappa shape index (κ3) is 11.4. The normalized spacial score (nSPS) is 15.2. The number of nitrogens with two attached hydrogens (primary N) is 2. The molecule has 0 saturated heterocycles. The van der Waals surface area contributed by atoms with Gasteiger partial charge in [0.15, 0.2) is 0 Å². The molecule has 41 heavy (non-hydrogen) atoms. The summed E-state index contributed by atoms with van der Waals surface area (Å²) in [6, 6.07) is 13.3. The number of nitrogens with one attached hydrogen (secondary N) is 2. The maximum absolute atomic E-state index is 13.3. The zero-order valence-electron chi connectivity index (χ0n) is 24.5. The summed E-state index contributed by atoms with van der Waals surface area (Å²) in [7, 11) is 0. The Bertz CT molecular complexity index is 1150. The van der Waals surface area contributed by atoms with Gasteiger partial charge in [0.1, 0.15) is 5.60 Å². The lowest BCUT2D eigenvalue weighted by Gasteiger charge is -2.30. The summed E-state index contributed by atoms with van der Waals surface area (Å²) < 4.78 is 5.32. The van der Waals surface area contributed by atoms with Gasteiger partial charge >= 0.3 is 6.09 Å². The van der Waals surface area contributed by atoms with Gasteiger partial charge in [-0.3, -0.25) is 14.4 Å². The number of aliphatic hydroxyl groups excluding tert-OH is 1. The SMILES string of the molecule is CC(C)C[C@H](NC(=O)[C@@H](N)Cc1ccccc1)C(=O)C(=O)C(N)[C@H](O)[C@H](Cc1ccccc1)NC(=O)OC(C)(C)C. The molecule has 2 aromatic carbocycles. The van der Waals surface area contributed by atoms with Gasteiger partial charge in [0, 0.05) is 0 Å². The number of ketones is 2. The van der Waals surface area contributed by atoms with E-state index in [0.717, 1.165) is 11.1 Å². The van der Waals surface area contributed by atoms with Crippen molar-refractivity contribution >= 4 is 23.6 Å². The number of alkyl carbamates (subject to hydrolysis) is 1. The minimum Gasteiger partial charge on any atom is -0.444 e. The molecule has 0 aromatic heterocycles. The lowest BCUT2D eigenvalue weighted by Crippen LogP contribution is -2.59. The van der Waals surface area contributed by atoms with Crippen LogP contribution in [0.15, 0.2) is 60.7 Å². The van der Waals surface area contributed by atoms with Gasteiger partial charge in [0.05, 0.1) is 30.3 Å². The zero-order chi connectivity index (χ0) is 30.7. The predicted molar refractivity (Wildman–Crippen MR) is 157 cm³/mol. The highest BCUT2D eigenvalue weighted by Crippen LogP contribution is 2.14. The van der Waals surface area contributed by atoms with E-state index in [1.807, 2.05) is 50.2 Å². The number of amides is 2. The fourth-order valence-corrected chi connectivity index (χ4v) is 4.27. The van der Waals surface area contributed by atoms with Crippen molar-refractivity contribution in [3.63, 3.8) is 0 Å². The van der Waals surface area contributed by atoms with Gasteiger partial charge in [-0.15, -0.1) is 0 Å². The Labute approximate surface area is 242 Å². The van der Waals surface area contributed by atoms with E-state index in [1.54, 1.807) is 45.0 Å². The molecule has 0 fully saturated rings. The monoisotopic (exact) mass is 568 g/mol. The maximum Gasteiger partial charge on any atom is 0.407 e. The first kappa shape index (κ1) is 33.6. The van der Waals surface area contributed by atoms with Crippen molar-refractivity contribution in [3.05, 3.63) is 71.8 Å². The van der Waals surface area contributed by atoms with E-state index in [4.69, 9.17) is 16.2 Å². The predicted octanol–water partition coefficient (Wildman–Crippen LogP) is 2.05. The first-order chi connectivity index (χ1) is 19.2. The summed E-state index contributed by atoms with van der Waals surface area (Å²) in [5.74, 6) is -2.64. The second kappa shape index (κ2) is 15.4. The third-order valence-corrected chi connectivity index (χ3v) is 6.30. The molecule has 10 nitrogen and oxygen atoms in total. The van der Waals surface area contributed by atoms with Crippen LogP contribution in [0.2, 0.25) is 0 Å². The molecule has 0 spiro atoms. The third-order valence-electron chi connectivity index (χ3n) is 6.30. The summed E-state index contributed by atoms with van der Waals surface area (Å²) >= 11 is 0. The molecule has 2 amide bonds. The molecule has 0 heterocycles. The van der Waals surface area contributed by atoms with E-state index in [1.165, 1.54) is 0 Å². The van der Waals surface area contributed by atoms with Crippen LogP contribution in [0.3, 0.4) is 0 Å². The van der Waals surface area contributed by atoms with Crippen LogP contribution >= 0.6 is 0 Å². The zero-order valence-corrected chi connectivity index (χ0v) is 24.5. The molecule has 0 aliphatic carbocycles. The average molecular weight is 569 g/mol. The molecule has 0 bridgehead atoms. The molecule has 5 atom stereocenters. The Morgan fingerprint density at radius 3 is 1.83 bits per heavy atom. The van der Waals surface area contributed by atoms with Gasteiger partial charge in [-0.25, -0.2) is 4.79 Å². The van der Waals surface area contributed by atoms with E-state index < -0.39 is 59.4 Å². The number of hydrogen-bond acceptors (Lipinski definition) is 8. The fraction of sp³-hybridized carbons (Fsp3) is 0.484. The molecule has 10 heteroatoms. The van der Waals surface area contributed by atoms with E-state index in [9.17, 15) is 24.3 Å². The Morgan fingerprint density at radius 1 is 0.829 bits per heavy atom. The summed E-state index contributed by atoms with van der Waals surface area (Å²) in [4.78, 5) is 52.0. The summed E-state index contributed by atoms with van der Waals surface area (Å²) in [5, 5.41) is 16.3. The highest BCUT2D eigenvalue weighted by Gasteiger charge is 2.38. The fourth-order valence-electron chi connectivity index (χ4n) is 4.27. The molecular weight excluding hydrogens is 524 g/mol. The second-order valence-electron chi connectivity index (χ2n) is 11.7. The quantitative estimate of drug-likeness (QED) is 0.215. The summed E-state index contributed by atoms with van der Waals surface area (Å²) in [6.07, 6.45) is -1.90. The van der Waals surface area contributed by atoms with Crippen LogP contribution in [-0.4, -0.2) is 64.5 Å². The van der Waals surface area contributed by atoms with Crippen molar-refractivity contribution < 1.29 is 29.0 Å². The minimum absolute atomic E-state index is 0.0526. The van der Waals surface area contributed by atoms with E-state index in [0.29, 0.717) is 0 Å². The molecule has 224 valence electrons. The first-order valence-corrected chi connectivity index (χ1v) is 13.8. The number of aliphatic hydroxyl groups is 1. The Morgan fingerprint density at radius 2 is 1.34 bits per heavy atom. The van der Waals surface area contributed by atoms with Crippen LogP contribution in [0.5, 0.6) is 0 Å². The highest BCUT2D eigenvalue weighted by molar-refractivity contribution is 6.41. The number of hydrogen-bond donors (Lipinski definition) is 5. The number of Topliss-reactive ketones (excluding diaryl/α,β-unsaturated/α-hetero) is 2. The van der Waals surface area contributed by atoms with Crippen molar-refractivity contribution in [1.29, 1.82) is 0 Å². The molecule has 7 N–H and O–H groups in total. The van der Waals surface area contributed by atoms with Crippen molar-refractivity contribution in [1.82, 2.24) is 10.6 Å². The minimum atomic E-state index is -1.67. The molecule has 0 aliphatic rings. The van der Waals surface area contributed by atoms with Gasteiger partial charge in [-0.05, 0) is 57.1 Å². The molecule has 2 aromatic rings. The lowest BCUT2D eigenvalue weighted by atomic mass is 9.89. The number of ether oxygens (including phenoxy) is 1. The Kier molecular flexibility index (Phi) is 12.6. The van der Waals surface area contributed by atoms with E-state index >= 15 is 0 Å².